The lowest BCUT2D eigenvalue weighted by atomic mass is 9.99. The van der Waals surface area contributed by atoms with Crippen LogP contribution in [0, 0.1) is 0 Å². The summed E-state index contributed by atoms with van der Waals surface area (Å²) in [5, 5.41) is 5.83. The van der Waals surface area contributed by atoms with E-state index >= 15 is 0 Å². The van der Waals surface area contributed by atoms with Crippen LogP contribution in [0.5, 0.6) is 0 Å². The number of carbonyl (C=O) groups is 2. The van der Waals surface area contributed by atoms with E-state index in [4.69, 9.17) is 4.42 Å². The summed E-state index contributed by atoms with van der Waals surface area (Å²) >= 11 is 0. The lowest BCUT2D eigenvalue weighted by molar-refractivity contribution is 0.0992. The molecule has 0 fully saturated rings. The van der Waals surface area contributed by atoms with Crippen molar-refractivity contribution < 1.29 is 14.0 Å². The Kier molecular flexibility index (Phi) is 6.22. The zero-order valence-electron chi connectivity index (χ0n) is 18.8. The Hall–Kier alpha value is -4.90. The number of hydrogen-bond donors (Lipinski definition) is 2. The number of amides is 2. The highest BCUT2D eigenvalue weighted by molar-refractivity contribution is 6.20. The van der Waals surface area contributed by atoms with E-state index in [1.807, 2.05) is 97.1 Å². The van der Waals surface area contributed by atoms with Crippen molar-refractivity contribution >= 4 is 23.2 Å². The van der Waals surface area contributed by atoms with Crippen molar-refractivity contribution in [3.05, 3.63) is 132 Å². The van der Waals surface area contributed by atoms with Crippen LogP contribution in [0.25, 0.3) is 22.6 Å². The first-order valence-electron chi connectivity index (χ1n) is 11.2. The Morgan fingerprint density at radius 1 is 0.457 bits per heavy atom. The maximum absolute atomic E-state index is 13.7. The second kappa shape index (κ2) is 9.93. The van der Waals surface area contributed by atoms with Gasteiger partial charge in [-0.1, -0.05) is 97.1 Å². The number of benzene rings is 4. The second-order valence-corrected chi connectivity index (χ2v) is 7.88. The quantitative estimate of drug-likeness (QED) is 0.285. The van der Waals surface area contributed by atoms with Crippen LogP contribution < -0.4 is 10.6 Å². The fraction of sp³-hybridized carbons (Fsp3) is 0. The third-order valence-electron chi connectivity index (χ3n) is 5.50. The van der Waals surface area contributed by atoms with E-state index in [0.29, 0.717) is 34.0 Å². The average molecular weight is 459 g/mol. The Labute approximate surface area is 203 Å². The van der Waals surface area contributed by atoms with E-state index in [2.05, 4.69) is 10.6 Å². The molecular formula is C30H22N2O3. The molecule has 5 nitrogen and oxygen atoms in total. The fourth-order valence-corrected chi connectivity index (χ4v) is 3.88. The first-order valence-corrected chi connectivity index (χ1v) is 11.2. The number of hydrogen-bond acceptors (Lipinski definition) is 3. The lowest BCUT2D eigenvalue weighted by Crippen LogP contribution is -2.20. The largest absolute Gasteiger partial charge is 0.454 e. The number of anilines is 2. The van der Waals surface area contributed by atoms with Gasteiger partial charge in [-0.25, -0.2) is 0 Å². The van der Waals surface area contributed by atoms with E-state index in [0.717, 1.165) is 0 Å². The van der Waals surface area contributed by atoms with Gasteiger partial charge in [-0.3, -0.25) is 9.59 Å². The van der Waals surface area contributed by atoms with E-state index < -0.39 is 11.8 Å². The van der Waals surface area contributed by atoms with Crippen LogP contribution in [0.1, 0.15) is 20.7 Å². The van der Waals surface area contributed by atoms with Gasteiger partial charge in [0.15, 0.2) is 0 Å². The van der Waals surface area contributed by atoms with E-state index in [1.54, 1.807) is 24.3 Å². The van der Waals surface area contributed by atoms with Gasteiger partial charge < -0.3 is 15.1 Å². The molecule has 0 atom stereocenters. The highest BCUT2D eigenvalue weighted by atomic mass is 16.3. The summed E-state index contributed by atoms with van der Waals surface area (Å²) < 4.78 is 6.31. The summed E-state index contributed by atoms with van der Waals surface area (Å²) in [7, 11) is 0. The summed E-state index contributed by atoms with van der Waals surface area (Å²) in [6, 6.07) is 36.9. The van der Waals surface area contributed by atoms with Gasteiger partial charge in [-0.05, 0) is 24.3 Å². The smallest absolute Gasteiger partial charge is 0.260 e. The summed E-state index contributed by atoms with van der Waals surface area (Å²) in [5.74, 6) is -0.203. The molecule has 0 saturated carbocycles. The molecule has 0 aliphatic rings. The van der Waals surface area contributed by atoms with Gasteiger partial charge >= 0.3 is 0 Å². The van der Waals surface area contributed by atoms with Crippen molar-refractivity contribution in [2.24, 2.45) is 0 Å². The summed E-state index contributed by atoms with van der Waals surface area (Å²) in [5.41, 5.74) is 2.98. The molecule has 5 aromatic rings. The second-order valence-electron chi connectivity index (χ2n) is 7.88. The summed E-state index contributed by atoms with van der Waals surface area (Å²) in [6.45, 7) is 0. The Morgan fingerprint density at radius 3 is 1.11 bits per heavy atom. The van der Waals surface area contributed by atoms with Gasteiger partial charge in [0.25, 0.3) is 11.8 Å². The standard InChI is InChI=1S/C30H22N2O3/c33-29(31-23-17-9-3-10-18-23)25-26(30(34)32-24-19-11-4-12-20-24)28(22-15-7-2-8-16-22)35-27(25)21-13-5-1-6-14-21/h1-20H,(H,31,33)(H,32,34). The van der Waals surface area contributed by atoms with Gasteiger partial charge in [0.2, 0.25) is 0 Å². The van der Waals surface area contributed by atoms with Crippen LogP contribution in [-0.4, -0.2) is 11.8 Å². The van der Waals surface area contributed by atoms with Crippen molar-refractivity contribution in [1.29, 1.82) is 0 Å². The van der Waals surface area contributed by atoms with Crippen LogP contribution in [0.2, 0.25) is 0 Å². The molecule has 5 heteroatoms. The lowest BCUT2D eigenvalue weighted by Gasteiger charge is -2.10. The molecule has 5 rings (SSSR count). The minimum Gasteiger partial charge on any atom is -0.454 e. The van der Waals surface area contributed by atoms with Crippen LogP contribution in [0.4, 0.5) is 11.4 Å². The number of carbonyl (C=O) groups excluding carboxylic acids is 2. The number of nitrogens with one attached hydrogen (secondary N) is 2. The highest BCUT2D eigenvalue weighted by Gasteiger charge is 2.31. The fourth-order valence-electron chi connectivity index (χ4n) is 3.88. The highest BCUT2D eigenvalue weighted by Crippen LogP contribution is 2.38. The van der Waals surface area contributed by atoms with Crippen molar-refractivity contribution in [1.82, 2.24) is 0 Å². The van der Waals surface area contributed by atoms with Crippen LogP contribution in [-0.2, 0) is 0 Å². The van der Waals surface area contributed by atoms with Gasteiger partial charge in [-0.15, -0.1) is 0 Å². The Bertz CT molecular complexity index is 1330. The molecule has 0 spiro atoms. The minimum atomic E-state index is -0.431. The van der Waals surface area contributed by atoms with Gasteiger partial charge in [-0.2, -0.15) is 0 Å². The molecule has 0 radical (unpaired) electrons. The molecule has 2 amide bonds. The van der Waals surface area contributed by atoms with E-state index in [-0.39, 0.29) is 11.1 Å². The molecule has 0 aliphatic heterocycles. The molecule has 35 heavy (non-hydrogen) atoms. The first-order chi connectivity index (χ1) is 17.2. The summed E-state index contributed by atoms with van der Waals surface area (Å²) in [6.07, 6.45) is 0. The molecule has 0 unspecified atom stereocenters. The third kappa shape index (κ3) is 4.75. The van der Waals surface area contributed by atoms with Crippen LogP contribution in [0.3, 0.4) is 0 Å². The van der Waals surface area contributed by atoms with E-state index in [9.17, 15) is 9.59 Å². The van der Waals surface area contributed by atoms with Crippen molar-refractivity contribution in [2.45, 2.75) is 0 Å². The molecule has 0 aliphatic carbocycles. The molecule has 2 N–H and O–H groups in total. The Balaban J connectivity index is 1.70. The maximum Gasteiger partial charge on any atom is 0.260 e. The van der Waals surface area contributed by atoms with Gasteiger partial charge in [0.05, 0.1) is 11.1 Å². The van der Waals surface area contributed by atoms with Gasteiger partial charge in [0.1, 0.15) is 11.5 Å². The normalized spacial score (nSPS) is 10.5. The molecule has 4 aromatic carbocycles. The summed E-state index contributed by atoms with van der Waals surface area (Å²) in [4.78, 5) is 27.4. The first kappa shape index (κ1) is 21.9. The SMILES string of the molecule is O=C(Nc1ccccc1)c1c(-c2ccccc2)oc(-c2ccccc2)c1C(=O)Nc1ccccc1. The maximum atomic E-state index is 13.7. The molecule has 1 heterocycles. The Morgan fingerprint density at radius 2 is 0.771 bits per heavy atom. The molecule has 0 saturated heterocycles. The van der Waals surface area contributed by atoms with Gasteiger partial charge in [0, 0.05) is 22.5 Å². The molecule has 0 bridgehead atoms. The monoisotopic (exact) mass is 458 g/mol. The van der Waals surface area contributed by atoms with Crippen molar-refractivity contribution in [3.8, 4) is 22.6 Å². The number of rotatable bonds is 6. The molecular weight excluding hydrogens is 436 g/mol. The number of para-hydroxylation sites is 2. The van der Waals surface area contributed by atoms with E-state index in [1.165, 1.54) is 0 Å². The third-order valence-corrected chi connectivity index (χ3v) is 5.50. The van der Waals surface area contributed by atoms with Crippen LogP contribution >= 0.6 is 0 Å². The van der Waals surface area contributed by atoms with Crippen molar-refractivity contribution in [3.63, 3.8) is 0 Å². The molecule has 1 aromatic heterocycles. The average Bonchev–Trinajstić information content (AvgIpc) is 3.32. The topological polar surface area (TPSA) is 71.3 Å². The van der Waals surface area contributed by atoms with Crippen molar-refractivity contribution in [2.75, 3.05) is 10.6 Å². The predicted octanol–water partition coefficient (Wildman–Crippen LogP) is 7.12. The zero-order chi connectivity index (χ0) is 24.0. The van der Waals surface area contributed by atoms with Crippen LogP contribution in [0.15, 0.2) is 126 Å². The molecule has 170 valence electrons. The number of furan rings is 1. The predicted molar refractivity (Wildman–Crippen MR) is 138 cm³/mol. The minimum absolute atomic E-state index is 0.173. The zero-order valence-corrected chi connectivity index (χ0v) is 18.8.